The van der Waals surface area contributed by atoms with Crippen LogP contribution in [0, 0.1) is 0 Å². The molecule has 0 aromatic heterocycles. The number of likely N-dealkylation sites (tertiary alicyclic amines) is 1. The van der Waals surface area contributed by atoms with Crippen molar-refractivity contribution in [1.82, 2.24) is 4.90 Å². The molecule has 35 heavy (non-hydrogen) atoms. The number of amides is 1. The van der Waals surface area contributed by atoms with Crippen LogP contribution in [-0.2, 0) is 16.1 Å². The lowest BCUT2D eigenvalue weighted by molar-refractivity contribution is -0.140. The first-order valence-electron chi connectivity index (χ1n) is 11.5. The summed E-state index contributed by atoms with van der Waals surface area (Å²) in [6, 6.07) is 20.9. The van der Waals surface area contributed by atoms with Crippen LogP contribution in [0.5, 0.6) is 17.2 Å². The second-order valence-electron chi connectivity index (χ2n) is 8.27. The first kappa shape index (κ1) is 22.5. The molecule has 2 aliphatic rings. The third-order valence-electron chi connectivity index (χ3n) is 6.06. The summed E-state index contributed by atoms with van der Waals surface area (Å²) < 4.78 is 16.8. The van der Waals surface area contributed by atoms with Crippen LogP contribution < -0.4 is 14.2 Å². The number of ether oxygens (including phenoxy) is 3. The SMILES string of the molecule is CCOc1ccc(C2/C(=C(\O)c3ccc4c(c3)OCCO4)C(=O)C(=O)N2Cc2ccccc2)cc1. The fourth-order valence-electron chi connectivity index (χ4n) is 4.43. The Morgan fingerprint density at radius 3 is 2.40 bits per heavy atom. The highest BCUT2D eigenvalue weighted by molar-refractivity contribution is 6.46. The van der Waals surface area contributed by atoms with Crippen molar-refractivity contribution in [3.63, 3.8) is 0 Å². The number of Topliss-reactive ketones (excluding diaryl/α,β-unsaturated/α-hetero) is 1. The minimum Gasteiger partial charge on any atom is -0.507 e. The zero-order chi connectivity index (χ0) is 24.4. The molecule has 1 N–H and O–H groups in total. The monoisotopic (exact) mass is 471 g/mol. The van der Waals surface area contributed by atoms with Crippen molar-refractivity contribution in [2.45, 2.75) is 19.5 Å². The van der Waals surface area contributed by atoms with Gasteiger partial charge in [-0.2, -0.15) is 0 Å². The van der Waals surface area contributed by atoms with Crippen LogP contribution in [0.1, 0.15) is 29.7 Å². The van der Waals surface area contributed by atoms with E-state index < -0.39 is 17.7 Å². The summed E-state index contributed by atoms with van der Waals surface area (Å²) in [6.07, 6.45) is 0. The van der Waals surface area contributed by atoms with Gasteiger partial charge >= 0.3 is 0 Å². The van der Waals surface area contributed by atoms with Crippen molar-refractivity contribution in [3.05, 3.63) is 95.1 Å². The van der Waals surface area contributed by atoms with Crippen molar-refractivity contribution in [2.24, 2.45) is 0 Å². The summed E-state index contributed by atoms with van der Waals surface area (Å²) in [7, 11) is 0. The molecule has 0 spiro atoms. The lowest BCUT2D eigenvalue weighted by Gasteiger charge is -2.26. The van der Waals surface area contributed by atoms with Gasteiger partial charge < -0.3 is 24.2 Å². The molecule has 1 amide bonds. The molecule has 7 heteroatoms. The van der Waals surface area contributed by atoms with E-state index in [-0.39, 0.29) is 17.9 Å². The topological polar surface area (TPSA) is 85.3 Å². The van der Waals surface area contributed by atoms with E-state index in [9.17, 15) is 14.7 Å². The van der Waals surface area contributed by atoms with E-state index in [1.165, 1.54) is 4.90 Å². The first-order valence-corrected chi connectivity index (χ1v) is 11.5. The van der Waals surface area contributed by atoms with Crippen LogP contribution in [0.25, 0.3) is 5.76 Å². The predicted octanol–water partition coefficient (Wildman–Crippen LogP) is 4.48. The number of aliphatic hydroxyl groups is 1. The predicted molar refractivity (Wildman–Crippen MR) is 129 cm³/mol. The molecule has 2 aliphatic heterocycles. The quantitative estimate of drug-likeness (QED) is 0.324. The standard InChI is InChI=1S/C28H25NO6/c1-2-33-21-11-8-19(9-12-21)25-24(26(30)20-10-13-22-23(16-20)35-15-14-34-22)27(31)28(32)29(25)17-18-6-4-3-5-7-18/h3-13,16,25,30H,2,14-15,17H2,1H3/b26-24+. The second kappa shape index (κ2) is 9.54. The largest absolute Gasteiger partial charge is 0.507 e. The number of carbonyl (C=O) groups is 2. The van der Waals surface area contributed by atoms with Crippen LogP contribution in [0.4, 0.5) is 0 Å². The molecule has 5 rings (SSSR count). The molecule has 1 saturated heterocycles. The zero-order valence-corrected chi connectivity index (χ0v) is 19.3. The average Bonchev–Trinajstić information content (AvgIpc) is 3.14. The minimum absolute atomic E-state index is 0.0340. The molecule has 7 nitrogen and oxygen atoms in total. The zero-order valence-electron chi connectivity index (χ0n) is 19.3. The minimum atomic E-state index is -0.765. The van der Waals surface area contributed by atoms with E-state index in [1.54, 1.807) is 30.3 Å². The smallest absolute Gasteiger partial charge is 0.295 e. The van der Waals surface area contributed by atoms with E-state index in [4.69, 9.17) is 14.2 Å². The van der Waals surface area contributed by atoms with Gasteiger partial charge in [-0.3, -0.25) is 9.59 Å². The van der Waals surface area contributed by atoms with Crippen molar-refractivity contribution in [2.75, 3.05) is 19.8 Å². The summed E-state index contributed by atoms with van der Waals surface area (Å²) in [5.41, 5.74) is 1.99. The van der Waals surface area contributed by atoms with Gasteiger partial charge in [0.05, 0.1) is 18.2 Å². The van der Waals surface area contributed by atoms with Crippen LogP contribution in [0.3, 0.4) is 0 Å². The van der Waals surface area contributed by atoms with Crippen LogP contribution in [-0.4, -0.2) is 41.5 Å². The number of hydrogen-bond donors (Lipinski definition) is 1. The number of benzene rings is 3. The summed E-state index contributed by atoms with van der Waals surface area (Å²) in [5, 5.41) is 11.3. The van der Waals surface area contributed by atoms with Gasteiger partial charge in [-0.15, -0.1) is 0 Å². The van der Waals surface area contributed by atoms with Gasteiger partial charge in [0.1, 0.15) is 24.7 Å². The molecule has 0 bridgehead atoms. The van der Waals surface area contributed by atoms with Crippen molar-refractivity contribution in [3.8, 4) is 17.2 Å². The Hall–Kier alpha value is -4.26. The van der Waals surface area contributed by atoms with Crippen molar-refractivity contribution >= 4 is 17.4 Å². The molecule has 0 saturated carbocycles. The number of aliphatic hydroxyl groups excluding tert-OH is 1. The molecule has 1 atom stereocenters. The highest BCUT2D eigenvalue weighted by Gasteiger charge is 2.46. The van der Waals surface area contributed by atoms with E-state index in [1.807, 2.05) is 49.4 Å². The molecular formula is C28H25NO6. The summed E-state index contributed by atoms with van der Waals surface area (Å²) in [5.74, 6) is 0.0914. The third-order valence-corrected chi connectivity index (χ3v) is 6.06. The number of fused-ring (bicyclic) bond motifs is 1. The van der Waals surface area contributed by atoms with Gasteiger partial charge in [0, 0.05) is 12.1 Å². The first-order chi connectivity index (χ1) is 17.1. The Labute approximate surface area is 203 Å². The van der Waals surface area contributed by atoms with Crippen molar-refractivity contribution in [1.29, 1.82) is 0 Å². The maximum atomic E-state index is 13.3. The lowest BCUT2D eigenvalue weighted by Crippen LogP contribution is -2.29. The van der Waals surface area contributed by atoms with E-state index in [0.29, 0.717) is 48.2 Å². The van der Waals surface area contributed by atoms with Gasteiger partial charge in [0.2, 0.25) is 0 Å². The maximum Gasteiger partial charge on any atom is 0.295 e. The molecule has 3 aromatic rings. The molecule has 1 fully saturated rings. The second-order valence-corrected chi connectivity index (χ2v) is 8.27. The fraction of sp³-hybridized carbons (Fsp3) is 0.214. The molecule has 0 radical (unpaired) electrons. The Balaban J connectivity index is 1.61. The normalized spacial score (nSPS) is 18.5. The van der Waals surface area contributed by atoms with Gasteiger partial charge in [-0.1, -0.05) is 42.5 Å². The Morgan fingerprint density at radius 2 is 1.69 bits per heavy atom. The van der Waals surface area contributed by atoms with Gasteiger partial charge in [-0.25, -0.2) is 0 Å². The number of rotatable bonds is 6. The Bertz CT molecular complexity index is 1280. The third kappa shape index (κ3) is 4.33. The van der Waals surface area contributed by atoms with Gasteiger partial charge in [0.15, 0.2) is 11.5 Å². The molecule has 178 valence electrons. The highest BCUT2D eigenvalue weighted by Crippen LogP contribution is 2.42. The lowest BCUT2D eigenvalue weighted by atomic mass is 9.95. The van der Waals surface area contributed by atoms with Crippen molar-refractivity contribution < 1.29 is 28.9 Å². The van der Waals surface area contributed by atoms with Crippen LogP contribution in [0.2, 0.25) is 0 Å². The summed E-state index contributed by atoms with van der Waals surface area (Å²) >= 11 is 0. The molecule has 1 unspecified atom stereocenters. The number of ketones is 1. The number of nitrogens with zero attached hydrogens (tertiary/aromatic N) is 1. The maximum absolute atomic E-state index is 13.3. The van der Waals surface area contributed by atoms with E-state index >= 15 is 0 Å². The molecule has 2 heterocycles. The highest BCUT2D eigenvalue weighted by atomic mass is 16.6. The van der Waals surface area contributed by atoms with Crippen LogP contribution in [0.15, 0.2) is 78.4 Å². The summed E-state index contributed by atoms with van der Waals surface area (Å²) in [4.78, 5) is 28.0. The molecular weight excluding hydrogens is 446 g/mol. The van der Waals surface area contributed by atoms with Gasteiger partial charge in [-0.05, 0) is 48.4 Å². The molecule has 0 aliphatic carbocycles. The summed E-state index contributed by atoms with van der Waals surface area (Å²) in [6.45, 7) is 3.48. The fourth-order valence-corrected chi connectivity index (χ4v) is 4.43. The van der Waals surface area contributed by atoms with Gasteiger partial charge in [0.25, 0.3) is 11.7 Å². The number of carbonyl (C=O) groups excluding carboxylic acids is 2. The average molecular weight is 472 g/mol. The Kier molecular flexibility index (Phi) is 6.14. The Morgan fingerprint density at radius 1 is 0.971 bits per heavy atom. The van der Waals surface area contributed by atoms with E-state index in [0.717, 1.165) is 5.56 Å². The van der Waals surface area contributed by atoms with Crippen LogP contribution >= 0.6 is 0 Å². The number of hydrogen-bond acceptors (Lipinski definition) is 6. The molecule has 3 aromatic carbocycles. The van der Waals surface area contributed by atoms with E-state index in [2.05, 4.69) is 0 Å².